The highest BCUT2D eigenvalue weighted by Crippen LogP contribution is 2.34. The van der Waals surface area contributed by atoms with E-state index in [-0.39, 0.29) is 6.10 Å². The summed E-state index contributed by atoms with van der Waals surface area (Å²) in [5.41, 5.74) is 4.88. The lowest BCUT2D eigenvalue weighted by Crippen LogP contribution is -2.56. The summed E-state index contributed by atoms with van der Waals surface area (Å²) in [6.45, 7) is 3.50. The Labute approximate surface area is 191 Å². The zero-order chi connectivity index (χ0) is 22.2. The van der Waals surface area contributed by atoms with Gasteiger partial charge in [-0.1, -0.05) is 0 Å². The molecule has 2 fully saturated rings. The molecule has 6 rings (SSSR count). The molecule has 9 heteroatoms. The number of hydrogen-bond donors (Lipinski definition) is 2. The van der Waals surface area contributed by atoms with E-state index in [1.807, 2.05) is 36.0 Å². The highest BCUT2D eigenvalue weighted by atomic mass is 16.5. The van der Waals surface area contributed by atoms with Crippen LogP contribution < -0.4 is 15.4 Å². The second-order valence-corrected chi connectivity index (χ2v) is 8.70. The fourth-order valence-electron chi connectivity index (χ4n) is 4.66. The molecule has 2 aliphatic heterocycles. The van der Waals surface area contributed by atoms with Gasteiger partial charge in [-0.25, -0.2) is 4.52 Å². The molecular formula is C24H25N7O2. The van der Waals surface area contributed by atoms with Gasteiger partial charge in [0, 0.05) is 48.4 Å². The fourth-order valence-corrected chi connectivity index (χ4v) is 4.66. The first-order chi connectivity index (χ1) is 16.2. The summed E-state index contributed by atoms with van der Waals surface area (Å²) >= 11 is 0. The number of aryl methyl sites for hydroxylation is 1. The molecule has 33 heavy (non-hydrogen) atoms. The lowest BCUT2D eigenvalue weighted by Gasteiger charge is -2.40. The largest absolute Gasteiger partial charge is 0.488 e. The Morgan fingerprint density at radius 2 is 1.97 bits per heavy atom. The van der Waals surface area contributed by atoms with Crippen LogP contribution in [0.2, 0.25) is 0 Å². The van der Waals surface area contributed by atoms with E-state index in [9.17, 15) is 0 Å². The van der Waals surface area contributed by atoms with Gasteiger partial charge in [0.2, 0.25) is 0 Å². The topological polar surface area (TPSA) is 98.5 Å². The molecule has 0 aliphatic carbocycles. The molecule has 2 N–H and O–H groups in total. The lowest BCUT2D eigenvalue weighted by molar-refractivity contribution is -0.0122. The van der Waals surface area contributed by atoms with Crippen LogP contribution in [0, 0.1) is 6.92 Å². The van der Waals surface area contributed by atoms with E-state index in [2.05, 4.69) is 49.1 Å². The summed E-state index contributed by atoms with van der Waals surface area (Å²) in [5, 5.41) is 19.2. The Bertz CT molecular complexity index is 1260. The van der Waals surface area contributed by atoms with Crippen LogP contribution in [0.5, 0.6) is 5.75 Å². The zero-order valence-corrected chi connectivity index (χ0v) is 18.3. The Morgan fingerprint density at radius 1 is 1.09 bits per heavy atom. The number of aromatic nitrogens is 5. The molecule has 2 aliphatic rings. The van der Waals surface area contributed by atoms with E-state index in [0.29, 0.717) is 12.1 Å². The van der Waals surface area contributed by atoms with E-state index >= 15 is 0 Å². The van der Waals surface area contributed by atoms with Crippen LogP contribution in [0.25, 0.3) is 16.6 Å². The summed E-state index contributed by atoms with van der Waals surface area (Å²) < 4.78 is 14.0. The van der Waals surface area contributed by atoms with Crippen LogP contribution in [0.4, 0.5) is 11.5 Å². The SMILES string of the molecule is Cc1cc(-c2ccn3nc(Nc4ccnnc4)cc3c2)c(OC2C[C@H]3COC[C@@H](C2)N3)cn1. The predicted molar refractivity (Wildman–Crippen MR) is 124 cm³/mol. The van der Waals surface area contributed by atoms with Crippen molar-refractivity contribution in [2.24, 2.45) is 0 Å². The standard InChI is InChI=1S/C24H25N7O2/c1-15-6-22(23(12-25-15)33-21-8-18-13-32-14-19(9-21)28-18)16-3-5-31-20(7-16)10-24(30-31)29-17-2-4-26-27-11-17/h2-7,10-12,18-19,21,28H,8-9,13-14H2,1H3,(H,26,29,30)/t18-,19+,21?. The van der Waals surface area contributed by atoms with Crippen molar-refractivity contribution in [2.45, 2.75) is 38.0 Å². The Kier molecular flexibility index (Phi) is 5.12. The van der Waals surface area contributed by atoms with Crippen molar-refractivity contribution in [3.8, 4) is 16.9 Å². The number of nitrogens with zero attached hydrogens (tertiary/aromatic N) is 5. The number of morpholine rings is 1. The highest BCUT2D eigenvalue weighted by Gasteiger charge is 2.33. The third kappa shape index (κ3) is 4.24. The third-order valence-electron chi connectivity index (χ3n) is 6.13. The number of hydrogen-bond acceptors (Lipinski definition) is 8. The number of piperidine rings is 1. The molecule has 0 spiro atoms. The number of nitrogens with one attached hydrogen (secondary N) is 2. The minimum Gasteiger partial charge on any atom is -0.488 e. The quantitative estimate of drug-likeness (QED) is 0.485. The van der Waals surface area contributed by atoms with Gasteiger partial charge in [0.1, 0.15) is 11.9 Å². The molecule has 9 nitrogen and oxygen atoms in total. The van der Waals surface area contributed by atoms with Crippen molar-refractivity contribution in [1.82, 2.24) is 30.1 Å². The molecule has 168 valence electrons. The van der Waals surface area contributed by atoms with Gasteiger partial charge in [-0.2, -0.15) is 15.3 Å². The maximum Gasteiger partial charge on any atom is 0.153 e. The summed E-state index contributed by atoms with van der Waals surface area (Å²) in [6.07, 6.45) is 9.15. The normalized spacial score (nSPS) is 22.3. The van der Waals surface area contributed by atoms with E-state index in [1.165, 1.54) is 0 Å². The summed E-state index contributed by atoms with van der Waals surface area (Å²) in [4.78, 5) is 4.51. The molecule has 3 atom stereocenters. The number of pyridine rings is 2. The maximum atomic E-state index is 6.52. The number of fused-ring (bicyclic) bond motifs is 3. The van der Waals surface area contributed by atoms with Crippen LogP contribution in [0.1, 0.15) is 18.5 Å². The van der Waals surface area contributed by atoms with Crippen molar-refractivity contribution in [3.05, 3.63) is 60.8 Å². The monoisotopic (exact) mass is 443 g/mol. The molecule has 0 aromatic carbocycles. The highest BCUT2D eigenvalue weighted by molar-refractivity contribution is 5.75. The van der Waals surface area contributed by atoms with Gasteiger partial charge >= 0.3 is 0 Å². The van der Waals surface area contributed by atoms with Gasteiger partial charge in [0.15, 0.2) is 5.82 Å². The van der Waals surface area contributed by atoms with Crippen molar-refractivity contribution < 1.29 is 9.47 Å². The van der Waals surface area contributed by atoms with Crippen molar-refractivity contribution >= 4 is 17.0 Å². The Balaban J connectivity index is 1.29. The van der Waals surface area contributed by atoms with E-state index < -0.39 is 0 Å². The fraction of sp³-hybridized carbons (Fsp3) is 0.333. The molecule has 1 unspecified atom stereocenters. The van der Waals surface area contributed by atoms with Crippen LogP contribution in [-0.4, -0.2) is 56.2 Å². The van der Waals surface area contributed by atoms with Gasteiger partial charge in [-0.05, 0) is 36.8 Å². The minimum absolute atomic E-state index is 0.150. The average Bonchev–Trinajstić information content (AvgIpc) is 3.22. The maximum absolute atomic E-state index is 6.52. The van der Waals surface area contributed by atoms with Gasteiger partial charge in [0.05, 0.1) is 43.0 Å². The lowest BCUT2D eigenvalue weighted by atomic mass is 9.94. The first-order valence-electron chi connectivity index (χ1n) is 11.2. The molecule has 4 aromatic heterocycles. The van der Waals surface area contributed by atoms with Gasteiger partial charge in [-0.3, -0.25) is 4.98 Å². The molecule has 4 aromatic rings. The van der Waals surface area contributed by atoms with Crippen LogP contribution in [0.3, 0.4) is 0 Å². The van der Waals surface area contributed by atoms with Crippen LogP contribution >= 0.6 is 0 Å². The van der Waals surface area contributed by atoms with Gasteiger partial charge in [0.25, 0.3) is 0 Å². The molecule has 6 heterocycles. The van der Waals surface area contributed by atoms with E-state index in [0.717, 1.165) is 65.6 Å². The van der Waals surface area contributed by atoms with Gasteiger partial charge < -0.3 is 20.1 Å². The summed E-state index contributed by atoms with van der Waals surface area (Å²) in [6, 6.07) is 10.8. The predicted octanol–water partition coefficient (Wildman–Crippen LogP) is 3.14. The van der Waals surface area contributed by atoms with E-state index in [1.54, 1.807) is 12.4 Å². The van der Waals surface area contributed by atoms with Crippen molar-refractivity contribution in [3.63, 3.8) is 0 Å². The van der Waals surface area contributed by atoms with Crippen LogP contribution in [-0.2, 0) is 4.74 Å². The van der Waals surface area contributed by atoms with E-state index in [4.69, 9.17) is 9.47 Å². The molecular weight excluding hydrogens is 418 g/mol. The van der Waals surface area contributed by atoms with Crippen molar-refractivity contribution in [2.75, 3.05) is 18.5 Å². The average molecular weight is 444 g/mol. The second-order valence-electron chi connectivity index (χ2n) is 8.70. The summed E-state index contributed by atoms with van der Waals surface area (Å²) in [7, 11) is 0. The summed E-state index contributed by atoms with van der Waals surface area (Å²) in [5.74, 6) is 1.56. The number of anilines is 2. The number of ether oxygens (including phenoxy) is 2. The second kappa shape index (κ2) is 8.42. The van der Waals surface area contributed by atoms with Crippen molar-refractivity contribution in [1.29, 1.82) is 0 Å². The zero-order valence-electron chi connectivity index (χ0n) is 18.3. The Morgan fingerprint density at radius 3 is 2.79 bits per heavy atom. The molecule has 0 saturated carbocycles. The third-order valence-corrected chi connectivity index (χ3v) is 6.13. The number of rotatable bonds is 5. The first-order valence-corrected chi connectivity index (χ1v) is 11.2. The molecule has 2 bridgehead atoms. The molecule has 0 amide bonds. The minimum atomic E-state index is 0.150. The molecule has 0 radical (unpaired) electrons. The van der Waals surface area contributed by atoms with Gasteiger partial charge in [-0.15, -0.1) is 0 Å². The van der Waals surface area contributed by atoms with Crippen LogP contribution in [0.15, 0.2) is 55.1 Å². The molecule has 2 saturated heterocycles. The smallest absolute Gasteiger partial charge is 0.153 e. The Hall–Kier alpha value is -3.56. The first kappa shape index (κ1) is 20.1.